The summed E-state index contributed by atoms with van der Waals surface area (Å²) in [6.45, 7) is 8.14. The van der Waals surface area contributed by atoms with Crippen LogP contribution in [0.4, 0.5) is 0 Å². The van der Waals surface area contributed by atoms with Gasteiger partial charge < -0.3 is 4.90 Å². The van der Waals surface area contributed by atoms with Gasteiger partial charge in [-0.25, -0.2) is 8.42 Å². The van der Waals surface area contributed by atoms with Crippen LogP contribution in [0, 0.1) is 5.92 Å². The normalized spacial score (nSPS) is 16.8. The number of rotatable bonds is 5. The third kappa shape index (κ3) is 3.93. The molecule has 2 rings (SSSR count). The molecule has 1 aliphatic heterocycles. The second-order valence-corrected chi connectivity index (χ2v) is 8.03. The maximum atomic E-state index is 12.6. The average molecular weight is 338 g/mol. The van der Waals surface area contributed by atoms with E-state index in [9.17, 15) is 13.2 Å². The van der Waals surface area contributed by atoms with Gasteiger partial charge in [0.05, 0.1) is 4.90 Å². The predicted molar refractivity (Wildman–Crippen MR) is 90.9 cm³/mol. The van der Waals surface area contributed by atoms with Gasteiger partial charge in [-0.3, -0.25) is 4.79 Å². The van der Waals surface area contributed by atoms with Gasteiger partial charge in [0.25, 0.3) is 5.91 Å². The van der Waals surface area contributed by atoms with E-state index in [1.54, 1.807) is 18.2 Å². The molecular formula is C17H26N2O3S. The van der Waals surface area contributed by atoms with E-state index >= 15 is 0 Å². The molecule has 0 aromatic heterocycles. The molecule has 1 fully saturated rings. The molecule has 1 saturated heterocycles. The molecule has 0 aliphatic carbocycles. The van der Waals surface area contributed by atoms with E-state index in [1.807, 2.05) is 18.7 Å². The topological polar surface area (TPSA) is 57.7 Å². The number of sulfonamides is 1. The summed E-state index contributed by atoms with van der Waals surface area (Å²) in [4.78, 5) is 14.6. The van der Waals surface area contributed by atoms with Crippen molar-refractivity contribution >= 4 is 15.9 Å². The number of piperidine rings is 1. The summed E-state index contributed by atoms with van der Waals surface area (Å²) in [5.41, 5.74) is 0.452. The third-order valence-corrected chi connectivity index (χ3v) is 6.54. The van der Waals surface area contributed by atoms with Crippen LogP contribution in [0.5, 0.6) is 0 Å². The molecule has 6 heteroatoms. The first kappa shape index (κ1) is 17.9. The molecule has 0 atom stereocenters. The number of nitrogens with zero attached hydrogens (tertiary/aromatic N) is 2. The Hall–Kier alpha value is -1.40. The molecule has 0 bridgehead atoms. The molecule has 0 radical (unpaired) electrons. The van der Waals surface area contributed by atoms with Crippen molar-refractivity contribution in [2.45, 2.75) is 38.5 Å². The number of benzene rings is 1. The highest BCUT2D eigenvalue weighted by molar-refractivity contribution is 7.89. The number of amides is 1. The number of carbonyl (C=O) groups is 1. The number of hydrogen-bond acceptors (Lipinski definition) is 3. The first-order valence-electron chi connectivity index (χ1n) is 8.29. The van der Waals surface area contributed by atoms with Gasteiger partial charge in [-0.2, -0.15) is 4.31 Å². The molecule has 1 aromatic carbocycles. The Balaban J connectivity index is 2.24. The summed E-state index contributed by atoms with van der Waals surface area (Å²) < 4.78 is 26.6. The van der Waals surface area contributed by atoms with Crippen LogP contribution in [0.1, 0.15) is 44.0 Å². The van der Waals surface area contributed by atoms with E-state index in [0.717, 1.165) is 25.9 Å². The van der Waals surface area contributed by atoms with Crippen molar-refractivity contribution in [1.29, 1.82) is 0 Å². The largest absolute Gasteiger partial charge is 0.339 e. The number of hydrogen-bond donors (Lipinski definition) is 0. The van der Waals surface area contributed by atoms with Gasteiger partial charge in [-0.15, -0.1) is 0 Å². The van der Waals surface area contributed by atoms with E-state index in [4.69, 9.17) is 0 Å². The number of likely N-dealkylation sites (tertiary alicyclic amines) is 1. The Morgan fingerprint density at radius 3 is 2.39 bits per heavy atom. The van der Waals surface area contributed by atoms with E-state index < -0.39 is 10.0 Å². The molecule has 0 unspecified atom stereocenters. The Morgan fingerprint density at radius 2 is 1.83 bits per heavy atom. The molecule has 5 nitrogen and oxygen atoms in total. The zero-order valence-electron chi connectivity index (χ0n) is 14.2. The summed E-state index contributed by atoms with van der Waals surface area (Å²) in [5.74, 6) is 0.571. The van der Waals surface area contributed by atoms with Gasteiger partial charge in [0.2, 0.25) is 10.0 Å². The first-order chi connectivity index (χ1) is 10.9. The van der Waals surface area contributed by atoms with Crippen LogP contribution in [0.2, 0.25) is 0 Å². The van der Waals surface area contributed by atoms with Crippen molar-refractivity contribution < 1.29 is 13.2 Å². The average Bonchev–Trinajstić information content (AvgIpc) is 2.56. The Labute approximate surface area is 139 Å². The minimum absolute atomic E-state index is 0.0755. The monoisotopic (exact) mass is 338 g/mol. The molecule has 1 amide bonds. The van der Waals surface area contributed by atoms with Crippen molar-refractivity contribution in [2.75, 3.05) is 26.2 Å². The van der Waals surface area contributed by atoms with E-state index in [2.05, 4.69) is 6.92 Å². The van der Waals surface area contributed by atoms with Crippen molar-refractivity contribution in [1.82, 2.24) is 9.21 Å². The van der Waals surface area contributed by atoms with Crippen LogP contribution in [0.25, 0.3) is 0 Å². The smallest absolute Gasteiger partial charge is 0.253 e. The summed E-state index contributed by atoms with van der Waals surface area (Å²) in [6, 6.07) is 6.41. The van der Waals surface area contributed by atoms with E-state index in [0.29, 0.717) is 24.6 Å². The summed E-state index contributed by atoms with van der Waals surface area (Å²) in [7, 11) is -3.53. The van der Waals surface area contributed by atoms with Crippen LogP contribution < -0.4 is 0 Å². The van der Waals surface area contributed by atoms with Crippen LogP contribution in [0.3, 0.4) is 0 Å². The minimum Gasteiger partial charge on any atom is -0.339 e. The van der Waals surface area contributed by atoms with Gasteiger partial charge >= 0.3 is 0 Å². The van der Waals surface area contributed by atoms with Crippen molar-refractivity contribution in [3.05, 3.63) is 29.8 Å². The number of carbonyl (C=O) groups excluding carboxylic acids is 1. The van der Waals surface area contributed by atoms with Gasteiger partial charge in [0.15, 0.2) is 0 Å². The first-order valence-corrected chi connectivity index (χ1v) is 9.73. The summed E-state index contributed by atoms with van der Waals surface area (Å²) >= 11 is 0. The summed E-state index contributed by atoms with van der Waals surface area (Å²) in [6.07, 6.45) is 2.01. The van der Waals surface area contributed by atoms with Crippen LogP contribution in [-0.4, -0.2) is 49.7 Å². The molecule has 1 heterocycles. The molecule has 0 spiro atoms. The summed E-state index contributed by atoms with van der Waals surface area (Å²) in [5, 5.41) is 0. The maximum absolute atomic E-state index is 12.6. The third-order valence-electron chi connectivity index (χ3n) is 4.50. The van der Waals surface area contributed by atoms with Crippen molar-refractivity contribution in [3.8, 4) is 0 Å². The molecule has 128 valence electrons. The lowest BCUT2D eigenvalue weighted by atomic mass is 9.98. The quantitative estimate of drug-likeness (QED) is 0.829. The molecular weight excluding hydrogens is 312 g/mol. The van der Waals surface area contributed by atoms with Gasteiger partial charge in [-0.1, -0.05) is 26.8 Å². The molecule has 0 saturated carbocycles. The Kier molecular flexibility index (Phi) is 5.81. The highest BCUT2D eigenvalue weighted by atomic mass is 32.2. The Morgan fingerprint density at radius 1 is 1.22 bits per heavy atom. The van der Waals surface area contributed by atoms with Gasteiger partial charge in [0, 0.05) is 31.7 Å². The zero-order valence-corrected chi connectivity index (χ0v) is 15.0. The van der Waals surface area contributed by atoms with E-state index in [1.165, 1.54) is 10.4 Å². The lowest BCUT2D eigenvalue weighted by Gasteiger charge is -2.30. The molecule has 0 N–H and O–H groups in total. The van der Waals surface area contributed by atoms with Gasteiger partial charge in [0.1, 0.15) is 0 Å². The highest BCUT2D eigenvalue weighted by Gasteiger charge is 2.25. The van der Waals surface area contributed by atoms with Crippen LogP contribution in [-0.2, 0) is 10.0 Å². The molecule has 1 aliphatic rings. The molecule has 23 heavy (non-hydrogen) atoms. The van der Waals surface area contributed by atoms with Gasteiger partial charge in [-0.05, 0) is 37.0 Å². The fourth-order valence-corrected chi connectivity index (χ4v) is 4.40. The van der Waals surface area contributed by atoms with Crippen molar-refractivity contribution in [2.24, 2.45) is 5.92 Å². The van der Waals surface area contributed by atoms with Crippen LogP contribution >= 0.6 is 0 Å². The minimum atomic E-state index is -3.53. The Bertz CT molecular complexity index is 646. The lowest BCUT2D eigenvalue weighted by molar-refractivity contribution is 0.0697. The van der Waals surface area contributed by atoms with Crippen molar-refractivity contribution in [3.63, 3.8) is 0 Å². The highest BCUT2D eigenvalue weighted by Crippen LogP contribution is 2.21. The lowest BCUT2D eigenvalue weighted by Crippen LogP contribution is -2.38. The standard InChI is InChI=1S/C17H26N2O3S/c1-4-19(5-2)23(21,22)16-8-6-7-15(13-16)17(20)18-11-9-14(3)10-12-18/h6-8,13-14H,4-5,9-12H2,1-3H3. The predicted octanol–water partition coefficient (Wildman–Crippen LogP) is 2.59. The zero-order chi connectivity index (χ0) is 17.0. The fourth-order valence-electron chi connectivity index (χ4n) is 2.90. The SMILES string of the molecule is CCN(CC)S(=O)(=O)c1cccc(C(=O)N2CCC(C)CC2)c1. The second kappa shape index (κ2) is 7.45. The second-order valence-electron chi connectivity index (χ2n) is 6.09. The molecule has 1 aromatic rings. The fraction of sp³-hybridized carbons (Fsp3) is 0.588. The van der Waals surface area contributed by atoms with Crippen LogP contribution in [0.15, 0.2) is 29.2 Å². The maximum Gasteiger partial charge on any atom is 0.253 e. The van der Waals surface area contributed by atoms with E-state index in [-0.39, 0.29) is 10.8 Å².